The van der Waals surface area contributed by atoms with Gasteiger partial charge in [0.2, 0.25) is 5.91 Å². The number of carboxylic acid groups (broad SMARTS) is 1. The van der Waals surface area contributed by atoms with Gasteiger partial charge in [0.25, 0.3) is 0 Å². The minimum atomic E-state index is -1.08. The van der Waals surface area contributed by atoms with Crippen LogP contribution in [-0.2, 0) is 4.79 Å². The fourth-order valence-corrected chi connectivity index (χ4v) is 3.19. The maximum absolute atomic E-state index is 13.0. The number of ether oxygens (including phenoxy) is 1. The number of rotatable bonds is 10. The molecule has 8 heteroatoms. The van der Waals surface area contributed by atoms with E-state index >= 15 is 0 Å². The van der Waals surface area contributed by atoms with Crippen molar-refractivity contribution < 1.29 is 19.4 Å². The molecule has 0 radical (unpaired) electrons. The standard InChI is InChI=1S/C22H30N4O4/c1-5-6-11-26(22(28)29)19(12-15(2)3)21(27)25-16-7-8-17(20(13-16)30-4)18-9-10-23-14-24-18/h7-10,13-15,19H,5-6,11-12H2,1-4H3,(H,25,27)(H,28,29). The van der Waals surface area contributed by atoms with Gasteiger partial charge in [0, 0.05) is 30.1 Å². The molecule has 1 aromatic carbocycles. The van der Waals surface area contributed by atoms with E-state index in [2.05, 4.69) is 15.3 Å². The predicted octanol–water partition coefficient (Wildman–Crippen LogP) is 4.29. The summed E-state index contributed by atoms with van der Waals surface area (Å²) in [6, 6.07) is 6.27. The molecule has 2 aromatic rings. The number of nitrogens with zero attached hydrogens (tertiary/aromatic N) is 3. The number of unbranched alkanes of at least 4 members (excludes halogenated alkanes) is 1. The molecule has 0 saturated heterocycles. The van der Waals surface area contributed by atoms with Gasteiger partial charge in [-0.3, -0.25) is 9.69 Å². The van der Waals surface area contributed by atoms with Crippen LogP contribution >= 0.6 is 0 Å². The van der Waals surface area contributed by atoms with Crippen molar-refractivity contribution in [1.82, 2.24) is 14.9 Å². The number of aromatic nitrogens is 2. The number of carbonyl (C=O) groups excluding carboxylic acids is 1. The highest BCUT2D eigenvalue weighted by atomic mass is 16.5. The maximum atomic E-state index is 13.0. The van der Waals surface area contributed by atoms with E-state index < -0.39 is 12.1 Å². The lowest BCUT2D eigenvalue weighted by Gasteiger charge is -2.29. The van der Waals surface area contributed by atoms with Crippen LogP contribution in [0.5, 0.6) is 5.75 Å². The third kappa shape index (κ3) is 6.17. The Labute approximate surface area is 177 Å². The lowest BCUT2D eigenvalue weighted by Crippen LogP contribution is -2.48. The second kappa shape index (κ2) is 11.1. The lowest BCUT2D eigenvalue weighted by atomic mass is 10.0. The van der Waals surface area contributed by atoms with E-state index in [1.807, 2.05) is 20.8 Å². The molecular formula is C22H30N4O4. The molecule has 0 bridgehead atoms. The molecule has 2 N–H and O–H groups in total. The Morgan fingerprint density at radius 2 is 2.03 bits per heavy atom. The molecule has 0 spiro atoms. The minimum absolute atomic E-state index is 0.166. The molecule has 2 rings (SSSR count). The van der Waals surface area contributed by atoms with Gasteiger partial charge in [0.15, 0.2) is 0 Å². The van der Waals surface area contributed by atoms with Crippen molar-refractivity contribution in [3.05, 3.63) is 36.8 Å². The van der Waals surface area contributed by atoms with Gasteiger partial charge in [0.1, 0.15) is 18.1 Å². The molecule has 1 unspecified atom stereocenters. The molecular weight excluding hydrogens is 384 g/mol. The first-order valence-corrected chi connectivity index (χ1v) is 10.1. The Hall–Kier alpha value is -3.16. The summed E-state index contributed by atoms with van der Waals surface area (Å²) < 4.78 is 5.47. The zero-order valence-corrected chi connectivity index (χ0v) is 18.0. The Bertz CT molecular complexity index is 842. The van der Waals surface area contributed by atoms with Crippen molar-refractivity contribution >= 4 is 17.7 Å². The van der Waals surface area contributed by atoms with Gasteiger partial charge < -0.3 is 15.2 Å². The van der Waals surface area contributed by atoms with E-state index in [0.717, 1.165) is 12.0 Å². The topological polar surface area (TPSA) is 105 Å². The van der Waals surface area contributed by atoms with Gasteiger partial charge in [-0.15, -0.1) is 0 Å². The number of benzene rings is 1. The summed E-state index contributed by atoms with van der Waals surface area (Å²) >= 11 is 0. The second-order valence-corrected chi connectivity index (χ2v) is 7.47. The summed E-state index contributed by atoms with van der Waals surface area (Å²) in [7, 11) is 1.55. The van der Waals surface area contributed by atoms with Gasteiger partial charge in [-0.25, -0.2) is 14.8 Å². The molecule has 1 heterocycles. The predicted molar refractivity (Wildman–Crippen MR) is 116 cm³/mol. The highest BCUT2D eigenvalue weighted by Crippen LogP contribution is 2.31. The number of hydrogen-bond donors (Lipinski definition) is 2. The molecule has 0 fully saturated rings. The van der Waals surface area contributed by atoms with Gasteiger partial charge >= 0.3 is 6.09 Å². The SMILES string of the molecule is CCCCN(C(=O)O)C(CC(C)C)C(=O)Nc1ccc(-c2ccncn2)c(OC)c1. The largest absolute Gasteiger partial charge is 0.496 e. The number of methoxy groups -OCH3 is 1. The average Bonchev–Trinajstić information content (AvgIpc) is 2.73. The van der Waals surface area contributed by atoms with Crippen molar-refractivity contribution in [2.24, 2.45) is 5.92 Å². The van der Waals surface area contributed by atoms with Gasteiger partial charge in [-0.05, 0) is 37.0 Å². The first-order chi connectivity index (χ1) is 14.4. The second-order valence-electron chi connectivity index (χ2n) is 7.47. The average molecular weight is 415 g/mol. The van der Waals surface area contributed by atoms with E-state index in [4.69, 9.17) is 4.74 Å². The van der Waals surface area contributed by atoms with Crippen molar-refractivity contribution in [3.63, 3.8) is 0 Å². The van der Waals surface area contributed by atoms with Crippen molar-refractivity contribution in [2.75, 3.05) is 19.0 Å². The number of hydrogen-bond acceptors (Lipinski definition) is 5. The van der Waals surface area contributed by atoms with Crippen molar-refractivity contribution in [1.29, 1.82) is 0 Å². The van der Waals surface area contributed by atoms with Crippen LogP contribution in [0.1, 0.15) is 40.0 Å². The maximum Gasteiger partial charge on any atom is 0.407 e. The first kappa shape index (κ1) is 23.1. The number of carbonyl (C=O) groups is 2. The van der Waals surface area contributed by atoms with Crippen molar-refractivity contribution in [3.8, 4) is 17.0 Å². The van der Waals surface area contributed by atoms with Crippen molar-refractivity contribution in [2.45, 2.75) is 46.1 Å². The Kier molecular flexibility index (Phi) is 8.58. The van der Waals surface area contributed by atoms with E-state index in [1.54, 1.807) is 37.6 Å². The molecule has 0 aliphatic rings. The van der Waals surface area contributed by atoms with Crippen LogP contribution in [0.4, 0.5) is 10.5 Å². The summed E-state index contributed by atoms with van der Waals surface area (Å²) in [6.45, 7) is 6.26. The number of anilines is 1. The molecule has 2 amide bonds. The van der Waals surface area contributed by atoms with E-state index in [-0.39, 0.29) is 11.8 Å². The van der Waals surface area contributed by atoms with Crippen LogP contribution in [0.15, 0.2) is 36.8 Å². The zero-order chi connectivity index (χ0) is 22.1. The van der Waals surface area contributed by atoms with Crippen LogP contribution in [0.2, 0.25) is 0 Å². The van der Waals surface area contributed by atoms with E-state index in [1.165, 1.54) is 11.2 Å². The molecule has 0 aliphatic carbocycles. The quantitative estimate of drug-likeness (QED) is 0.601. The lowest BCUT2D eigenvalue weighted by molar-refractivity contribution is -0.121. The summed E-state index contributed by atoms with van der Waals surface area (Å²) in [5, 5.41) is 12.5. The summed E-state index contributed by atoms with van der Waals surface area (Å²) in [4.78, 5) is 34.2. The smallest absolute Gasteiger partial charge is 0.407 e. The Morgan fingerprint density at radius 3 is 2.60 bits per heavy atom. The van der Waals surface area contributed by atoms with Crippen LogP contribution in [-0.4, -0.2) is 51.7 Å². The molecule has 30 heavy (non-hydrogen) atoms. The monoisotopic (exact) mass is 414 g/mol. The van der Waals surface area contributed by atoms with Crippen LogP contribution < -0.4 is 10.1 Å². The molecule has 0 aliphatic heterocycles. The Balaban J connectivity index is 2.26. The normalized spacial score (nSPS) is 11.8. The fourth-order valence-electron chi connectivity index (χ4n) is 3.19. The van der Waals surface area contributed by atoms with Crippen LogP contribution in [0.3, 0.4) is 0 Å². The molecule has 1 atom stereocenters. The molecule has 0 saturated carbocycles. The summed E-state index contributed by atoms with van der Waals surface area (Å²) in [5.41, 5.74) is 2.00. The zero-order valence-electron chi connectivity index (χ0n) is 18.0. The third-order valence-electron chi connectivity index (χ3n) is 4.70. The first-order valence-electron chi connectivity index (χ1n) is 10.1. The van der Waals surface area contributed by atoms with Crippen LogP contribution in [0.25, 0.3) is 11.3 Å². The molecule has 8 nitrogen and oxygen atoms in total. The van der Waals surface area contributed by atoms with E-state index in [9.17, 15) is 14.7 Å². The fraction of sp³-hybridized carbons (Fsp3) is 0.455. The minimum Gasteiger partial charge on any atom is -0.496 e. The Morgan fingerprint density at radius 1 is 1.27 bits per heavy atom. The van der Waals surface area contributed by atoms with Gasteiger partial charge in [-0.1, -0.05) is 27.2 Å². The van der Waals surface area contributed by atoms with E-state index in [0.29, 0.717) is 36.5 Å². The highest BCUT2D eigenvalue weighted by Gasteiger charge is 2.30. The summed E-state index contributed by atoms with van der Waals surface area (Å²) in [6.07, 6.45) is 4.01. The summed E-state index contributed by atoms with van der Waals surface area (Å²) in [5.74, 6) is 0.367. The van der Waals surface area contributed by atoms with Gasteiger partial charge in [-0.2, -0.15) is 0 Å². The third-order valence-corrected chi connectivity index (χ3v) is 4.70. The molecule has 1 aromatic heterocycles. The highest BCUT2D eigenvalue weighted by molar-refractivity contribution is 5.97. The number of nitrogens with one attached hydrogen (secondary N) is 1. The van der Waals surface area contributed by atoms with Gasteiger partial charge in [0.05, 0.1) is 12.8 Å². The number of amides is 2. The molecule has 162 valence electrons. The van der Waals surface area contributed by atoms with Crippen LogP contribution in [0, 0.1) is 5.92 Å².